The van der Waals surface area contributed by atoms with Crippen LogP contribution < -0.4 is 10.6 Å². The number of aromatic nitrogens is 1. The number of fused-ring (bicyclic) bond motifs is 1. The molecule has 1 fully saturated rings. The Hall–Kier alpha value is -2.18. The van der Waals surface area contributed by atoms with Gasteiger partial charge in [0.2, 0.25) is 0 Å². The smallest absolute Gasteiger partial charge is 0.191 e. The first-order valence-corrected chi connectivity index (χ1v) is 9.33. The number of guanidine groups is 1. The highest BCUT2D eigenvalue weighted by Crippen LogP contribution is 2.15. The number of rotatable bonds is 8. The van der Waals surface area contributed by atoms with Gasteiger partial charge in [-0.05, 0) is 30.7 Å². The number of nitrogens with zero attached hydrogens (tertiary/aromatic N) is 2. The third-order valence-electron chi connectivity index (χ3n) is 4.49. The van der Waals surface area contributed by atoms with Crippen LogP contribution in [0.3, 0.4) is 0 Å². The number of benzene rings is 1. The summed E-state index contributed by atoms with van der Waals surface area (Å²) < 4.78 is 11.2. The Bertz CT molecular complexity index is 709. The van der Waals surface area contributed by atoms with Crippen molar-refractivity contribution < 1.29 is 9.47 Å². The molecular formula is C20H28N4O2. The molecule has 140 valence electrons. The van der Waals surface area contributed by atoms with Crippen LogP contribution in [0.25, 0.3) is 10.8 Å². The summed E-state index contributed by atoms with van der Waals surface area (Å²) in [7, 11) is 1.78. The van der Waals surface area contributed by atoms with Crippen molar-refractivity contribution >= 4 is 16.7 Å². The molecule has 0 amide bonds. The topological polar surface area (TPSA) is 67.8 Å². The summed E-state index contributed by atoms with van der Waals surface area (Å²) in [6.07, 6.45) is 5.35. The van der Waals surface area contributed by atoms with Gasteiger partial charge in [-0.3, -0.25) is 9.98 Å². The summed E-state index contributed by atoms with van der Waals surface area (Å²) in [5.41, 5.74) is 1.02. The summed E-state index contributed by atoms with van der Waals surface area (Å²) in [6, 6.07) is 10.3. The molecular weight excluding hydrogens is 328 g/mol. The van der Waals surface area contributed by atoms with Crippen LogP contribution in [0.2, 0.25) is 0 Å². The molecule has 0 saturated carbocycles. The van der Waals surface area contributed by atoms with Gasteiger partial charge in [0.15, 0.2) is 5.96 Å². The first kappa shape index (κ1) is 18.6. The lowest BCUT2D eigenvalue weighted by molar-refractivity contribution is 0.0168. The van der Waals surface area contributed by atoms with Crippen molar-refractivity contribution in [3.63, 3.8) is 0 Å². The second-order valence-electron chi connectivity index (χ2n) is 6.39. The summed E-state index contributed by atoms with van der Waals surface area (Å²) in [5, 5.41) is 9.01. The third kappa shape index (κ3) is 5.41. The second-order valence-corrected chi connectivity index (χ2v) is 6.39. The van der Waals surface area contributed by atoms with Gasteiger partial charge in [-0.15, -0.1) is 0 Å². The lowest BCUT2D eigenvalue weighted by Gasteiger charge is -2.13. The van der Waals surface area contributed by atoms with E-state index in [2.05, 4.69) is 32.7 Å². The Labute approximate surface area is 155 Å². The Kier molecular flexibility index (Phi) is 7.22. The predicted octanol–water partition coefficient (Wildman–Crippen LogP) is 2.49. The highest BCUT2D eigenvalue weighted by molar-refractivity contribution is 5.85. The van der Waals surface area contributed by atoms with Crippen molar-refractivity contribution in [2.75, 3.05) is 33.4 Å². The quantitative estimate of drug-likeness (QED) is 0.432. The Morgan fingerprint density at radius 2 is 2.23 bits per heavy atom. The maximum atomic E-state index is 5.68. The summed E-state index contributed by atoms with van der Waals surface area (Å²) >= 11 is 0. The zero-order chi connectivity index (χ0) is 18.0. The number of ether oxygens (including phenoxy) is 2. The monoisotopic (exact) mass is 356 g/mol. The zero-order valence-electron chi connectivity index (χ0n) is 15.4. The van der Waals surface area contributed by atoms with Gasteiger partial charge in [-0.2, -0.15) is 0 Å². The van der Waals surface area contributed by atoms with E-state index in [1.54, 1.807) is 7.05 Å². The van der Waals surface area contributed by atoms with Crippen molar-refractivity contribution in [2.45, 2.75) is 31.9 Å². The third-order valence-corrected chi connectivity index (χ3v) is 4.49. The second kappa shape index (κ2) is 10.1. The molecule has 0 radical (unpaired) electrons. The fourth-order valence-corrected chi connectivity index (χ4v) is 3.08. The van der Waals surface area contributed by atoms with E-state index in [9.17, 15) is 0 Å². The van der Waals surface area contributed by atoms with E-state index in [0.717, 1.165) is 50.7 Å². The first-order valence-electron chi connectivity index (χ1n) is 9.33. The van der Waals surface area contributed by atoms with Crippen LogP contribution in [-0.2, 0) is 16.0 Å². The van der Waals surface area contributed by atoms with Gasteiger partial charge in [0.1, 0.15) is 0 Å². The predicted molar refractivity (Wildman–Crippen MR) is 104 cm³/mol. The van der Waals surface area contributed by atoms with Gasteiger partial charge in [-0.25, -0.2) is 0 Å². The van der Waals surface area contributed by atoms with Gasteiger partial charge < -0.3 is 20.1 Å². The summed E-state index contributed by atoms with van der Waals surface area (Å²) in [5.74, 6) is 0.777. The first-order chi connectivity index (χ1) is 12.9. The van der Waals surface area contributed by atoms with E-state index in [1.807, 2.05) is 24.4 Å². The number of pyridine rings is 1. The van der Waals surface area contributed by atoms with E-state index in [-0.39, 0.29) is 0 Å². The summed E-state index contributed by atoms with van der Waals surface area (Å²) in [4.78, 5) is 8.76. The Balaban J connectivity index is 1.36. The van der Waals surface area contributed by atoms with Crippen LogP contribution in [-0.4, -0.2) is 50.5 Å². The molecule has 1 atom stereocenters. The van der Waals surface area contributed by atoms with E-state index in [0.29, 0.717) is 19.3 Å². The van der Waals surface area contributed by atoms with Crippen LogP contribution in [0.4, 0.5) is 0 Å². The van der Waals surface area contributed by atoms with E-state index in [1.165, 1.54) is 10.8 Å². The molecule has 2 aromatic rings. The minimum Gasteiger partial charge on any atom is -0.379 e. The normalized spacial score (nSPS) is 17.6. The standard InChI is InChI=1S/C20H28N4O2/c1-21-20(23-10-5-12-25-15-17-7-4-13-26-17)24-14-19-18-8-3-2-6-16(18)9-11-22-19/h2-3,6,8-9,11,17H,4-5,7,10,12-15H2,1H3,(H2,21,23,24). The molecule has 1 aliphatic rings. The molecule has 1 aliphatic heterocycles. The minimum absolute atomic E-state index is 0.297. The Morgan fingerprint density at radius 1 is 1.31 bits per heavy atom. The van der Waals surface area contributed by atoms with Crippen LogP contribution in [0, 0.1) is 0 Å². The van der Waals surface area contributed by atoms with Gasteiger partial charge >= 0.3 is 0 Å². The molecule has 2 heterocycles. The maximum absolute atomic E-state index is 5.68. The molecule has 1 unspecified atom stereocenters. The molecule has 1 aromatic heterocycles. The van der Waals surface area contributed by atoms with Crippen LogP contribution in [0.5, 0.6) is 0 Å². The molecule has 0 spiro atoms. The average molecular weight is 356 g/mol. The van der Waals surface area contributed by atoms with Crippen molar-refractivity contribution in [3.05, 3.63) is 42.2 Å². The number of hydrogen-bond donors (Lipinski definition) is 2. The average Bonchev–Trinajstić information content (AvgIpc) is 3.20. The lowest BCUT2D eigenvalue weighted by atomic mass is 10.1. The highest BCUT2D eigenvalue weighted by Gasteiger charge is 2.14. The van der Waals surface area contributed by atoms with Crippen LogP contribution in [0.1, 0.15) is 25.0 Å². The highest BCUT2D eigenvalue weighted by atomic mass is 16.5. The zero-order valence-corrected chi connectivity index (χ0v) is 15.4. The molecule has 0 aliphatic carbocycles. The van der Waals surface area contributed by atoms with E-state index in [4.69, 9.17) is 9.47 Å². The minimum atomic E-state index is 0.297. The SMILES string of the molecule is CN=C(NCCCOCC1CCCO1)NCc1nccc2ccccc12. The Morgan fingerprint density at radius 3 is 3.08 bits per heavy atom. The van der Waals surface area contributed by atoms with Gasteiger partial charge in [0.25, 0.3) is 0 Å². The van der Waals surface area contributed by atoms with E-state index >= 15 is 0 Å². The maximum Gasteiger partial charge on any atom is 0.191 e. The van der Waals surface area contributed by atoms with Crippen LogP contribution >= 0.6 is 0 Å². The number of aliphatic imine (C=N–C) groups is 1. The van der Waals surface area contributed by atoms with Crippen molar-refractivity contribution in [2.24, 2.45) is 4.99 Å². The van der Waals surface area contributed by atoms with Crippen LogP contribution in [0.15, 0.2) is 41.5 Å². The largest absolute Gasteiger partial charge is 0.379 e. The van der Waals surface area contributed by atoms with Crippen molar-refractivity contribution in [1.82, 2.24) is 15.6 Å². The number of nitrogens with one attached hydrogen (secondary N) is 2. The molecule has 1 aromatic carbocycles. The molecule has 6 heteroatoms. The summed E-state index contributed by atoms with van der Waals surface area (Å²) in [6.45, 7) is 3.77. The molecule has 2 N–H and O–H groups in total. The molecule has 26 heavy (non-hydrogen) atoms. The van der Waals surface area contributed by atoms with Crippen molar-refractivity contribution in [1.29, 1.82) is 0 Å². The van der Waals surface area contributed by atoms with Gasteiger partial charge in [-0.1, -0.05) is 24.3 Å². The molecule has 1 saturated heterocycles. The molecule has 3 rings (SSSR count). The number of hydrogen-bond acceptors (Lipinski definition) is 4. The van der Waals surface area contributed by atoms with E-state index < -0.39 is 0 Å². The van der Waals surface area contributed by atoms with Crippen molar-refractivity contribution in [3.8, 4) is 0 Å². The van der Waals surface area contributed by atoms with Gasteiger partial charge in [0, 0.05) is 38.4 Å². The fraction of sp³-hybridized carbons (Fsp3) is 0.500. The molecule has 0 bridgehead atoms. The fourth-order valence-electron chi connectivity index (χ4n) is 3.08. The lowest BCUT2D eigenvalue weighted by Crippen LogP contribution is -2.37. The van der Waals surface area contributed by atoms with Gasteiger partial charge in [0.05, 0.1) is 24.9 Å². The molecule has 6 nitrogen and oxygen atoms in total.